The molecule has 1 N–H and O–H groups in total. The number of rotatable bonds is 1. The van der Waals surface area contributed by atoms with Gasteiger partial charge in [-0.15, -0.1) is 0 Å². The van der Waals surface area contributed by atoms with E-state index in [-0.39, 0.29) is 5.63 Å². The van der Waals surface area contributed by atoms with E-state index < -0.39 is 0 Å². The first-order chi connectivity index (χ1) is 12.0. The molecule has 0 spiro atoms. The molecule has 0 saturated carbocycles. The van der Waals surface area contributed by atoms with Crippen LogP contribution in [0.2, 0.25) is 0 Å². The van der Waals surface area contributed by atoms with Crippen molar-refractivity contribution in [1.82, 2.24) is 0 Å². The summed E-state index contributed by atoms with van der Waals surface area (Å²) < 4.78 is 5.32. The van der Waals surface area contributed by atoms with E-state index in [1.165, 1.54) is 11.6 Å². The fourth-order valence-electron chi connectivity index (χ4n) is 3.46. The third-order valence-electron chi connectivity index (χ3n) is 4.63. The van der Waals surface area contributed by atoms with Crippen molar-refractivity contribution in [1.29, 1.82) is 0 Å². The number of hydrogen-bond donors (Lipinski definition) is 1. The van der Waals surface area contributed by atoms with E-state index in [1.54, 1.807) is 0 Å². The van der Waals surface area contributed by atoms with Crippen molar-refractivity contribution in [3.05, 3.63) is 70.1 Å². The number of fused-ring (bicyclic) bond motifs is 2. The molecule has 126 valence electrons. The zero-order chi connectivity index (χ0) is 17.6. The first-order valence-electron chi connectivity index (χ1n) is 8.25. The Balaban J connectivity index is 1.65. The average Bonchev–Trinajstić information content (AvgIpc) is 2.90. The molecule has 2 heterocycles. The second kappa shape index (κ2) is 6.01. The van der Waals surface area contributed by atoms with Gasteiger partial charge in [-0.25, -0.2) is 4.79 Å². The molecular formula is C20H18N2O2S. The minimum absolute atomic E-state index is 0.304. The second-order valence-corrected chi connectivity index (χ2v) is 6.83. The Morgan fingerprint density at radius 3 is 2.88 bits per heavy atom. The Kier molecular flexibility index (Phi) is 3.81. The maximum absolute atomic E-state index is 11.6. The van der Waals surface area contributed by atoms with Gasteiger partial charge in [0, 0.05) is 34.9 Å². The van der Waals surface area contributed by atoms with Crippen molar-refractivity contribution < 1.29 is 4.42 Å². The molecule has 1 aliphatic rings. The lowest BCUT2D eigenvalue weighted by Crippen LogP contribution is -2.38. The summed E-state index contributed by atoms with van der Waals surface area (Å²) in [6.45, 7) is 4.07. The number of hydrogen-bond acceptors (Lipinski definition) is 3. The van der Waals surface area contributed by atoms with Gasteiger partial charge in [0.05, 0.1) is 0 Å². The number of aryl methyl sites for hydroxylation is 1. The molecular weight excluding hydrogens is 332 g/mol. The third-order valence-corrected chi connectivity index (χ3v) is 4.93. The van der Waals surface area contributed by atoms with E-state index in [4.69, 9.17) is 16.6 Å². The molecule has 0 aliphatic carbocycles. The topological polar surface area (TPSA) is 45.5 Å². The van der Waals surface area contributed by atoms with Crippen LogP contribution in [0.4, 0.5) is 11.4 Å². The van der Waals surface area contributed by atoms with Gasteiger partial charge in [0.1, 0.15) is 5.58 Å². The van der Waals surface area contributed by atoms with Gasteiger partial charge in [0.25, 0.3) is 0 Å². The SMILES string of the molecule is Cc1cc(=O)oc2cc(NC(=S)N3c4ccccc4C[C@@H]3C)ccc12. The third kappa shape index (κ3) is 2.81. The summed E-state index contributed by atoms with van der Waals surface area (Å²) in [4.78, 5) is 13.7. The molecule has 3 aromatic rings. The van der Waals surface area contributed by atoms with Crippen LogP contribution in [0, 0.1) is 6.92 Å². The van der Waals surface area contributed by atoms with E-state index in [1.807, 2.05) is 31.2 Å². The summed E-state index contributed by atoms with van der Waals surface area (Å²) in [5.74, 6) is 0. The van der Waals surface area contributed by atoms with E-state index in [2.05, 4.69) is 35.3 Å². The quantitative estimate of drug-likeness (QED) is 0.525. The largest absolute Gasteiger partial charge is 0.423 e. The van der Waals surface area contributed by atoms with E-state index in [9.17, 15) is 4.79 Å². The van der Waals surface area contributed by atoms with Gasteiger partial charge in [0.2, 0.25) is 0 Å². The van der Waals surface area contributed by atoms with E-state index >= 15 is 0 Å². The van der Waals surface area contributed by atoms with Crippen molar-refractivity contribution >= 4 is 39.7 Å². The molecule has 1 aliphatic heterocycles. The molecule has 4 nitrogen and oxygen atoms in total. The zero-order valence-electron chi connectivity index (χ0n) is 14.1. The lowest BCUT2D eigenvalue weighted by molar-refractivity contribution is 0.560. The fraction of sp³-hybridized carbons (Fsp3) is 0.200. The van der Waals surface area contributed by atoms with Gasteiger partial charge in [0.15, 0.2) is 5.11 Å². The van der Waals surface area contributed by atoms with Crippen molar-refractivity contribution in [2.45, 2.75) is 26.3 Å². The van der Waals surface area contributed by atoms with Crippen LogP contribution in [0.25, 0.3) is 11.0 Å². The van der Waals surface area contributed by atoms with Crippen LogP contribution in [0.15, 0.2) is 57.7 Å². The van der Waals surface area contributed by atoms with Crippen molar-refractivity contribution in [2.24, 2.45) is 0 Å². The lowest BCUT2D eigenvalue weighted by atomic mass is 10.1. The normalized spacial score (nSPS) is 16.1. The molecule has 1 atom stereocenters. The maximum atomic E-state index is 11.6. The van der Waals surface area contributed by atoms with Crippen molar-refractivity contribution in [2.75, 3.05) is 10.2 Å². The highest BCUT2D eigenvalue weighted by Gasteiger charge is 2.28. The maximum Gasteiger partial charge on any atom is 0.336 e. The summed E-state index contributed by atoms with van der Waals surface area (Å²) in [7, 11) is 0. The number of anilines is 2. The fourth-order valence-corrected chi connectivity index (χ4v) is 3.86. The summed E-state index contributed by atoms with van der Waals surface area (Å²) in [5.41, 5.74) is 4.39. The lowest BCUT2D eigenvalue weighted by Gasteiger charge is -2.26. The van der Waals surface area contributed by atoms with Crippen molar-refractivity contribution in [3.63, 3.8) is 0 Å². The van der Waals surface area contributed by atoms with Gasteiger partial charge < -0.3 is 14.6 Å². The summed E-state index contributed by atoms with van der Waals surface area (Å²) in [5, 5.41) is 4.85. The molecule has 25 heavy (non-hydrogen) atoms. The Morgan fingerprint density at radius 1 is 1.24 bits per heavy atom. The predicted octanol–water partition coefficient (Wildman–Crippen LogP) is 4.25. The number of para-hydroxylation sites is 1. The van der Waals surface area contributed by atoms with Crippen LogP contribution >= 0.6 is 12.2 Å². The molecule has 0 unspecified atom stereocenters. The first kappa shape index (κ1) is 15.8. The highest BCUT2D eigenvalue weighted by molar-refractivity contribution is 7.80. The summed E-state index contributed by atoms with van der Waals surface area (Å²) >= 11 is 5.65. The van der Waals surface area contributed by atoms with Crippen molar-refractivity contribution in [3.8, 4) is 0 Å². The highest BCUT2D eigenvalue weighted by atomic mass is 32.1. The van der Waals surface area contributed by atoms with Crippen LogP contribution in [-0.4, -0.2) is 11.2 Å². The summed E-state index contributed by atoms with van der Waals surface area (Å²) in [6, 6.07) is 15.8. The second-order valence-electron chi connectivity index (χ2n) is 6.44. The van der Waals surface area contributed by atoms with Gasteiger partial charge in [-0.1, -0.05) is 18.2 Å². The predicted molar refractivity (Wildman–Crippen MR) is 106 cm³/mol. The van der Waals surface area contributed by atoms with Gasteiger partial charge in [-0.3, -0.25) is 0 Å². The van der Waals surface area contributed by atoms with Crippen LogP contribution in [-0.2, 0) is 6.42 Å². The minimum atomic E-state index is -0.341. The standard InChI is InChI=1S/C20H18N2O2S/c1-12-9-19(23)24-18-11-15(7-8-16(12)18)21-20(25)22-13(2)10-14-5-3-4-6-17(14)22/h3-9,11,13H,10H2,1-2H3,(H,21,25)/t13-/m0/s1. The Morgan fingerprint density at radius 2 is 2.04 bits per heavy atom. The molecule has 0 bridgehead atoms. The van der Waals surface area contributed by atoms with Gasteiger partial charge in [-0.2, -0.15) is 0 Å². The monoisotopic (exact) mass is 350 g/mol. The van der Waals surface area contributed by atoms with Crippen LogP contribution in [0.5, 0.6) is 0 Å². The van der Waals surface area contributed by atoms with Crippen LogP contribution in [0.3, 0.4) is 0 Å². The molecule has 1 aromatic heterocycles. The molecule has 4 rings (SSSR count). The van der Waals surface area contributed by atoms with Gasteiger partial charge >= 0.3 is 5.63 Å². The van der Waals surface area contributed by atoms with Crippen LogP contribution < -0.4 is 15.8 Å². The molecule has 5 heteroatoms. The minimum Gasteiger partial charge on any atom is -0.423 e. The zero-order valence-corrected chi connectivity index (χ0v) is 14.9. The number of thiocarbonyl (C=S) groups is 1. The van der Waals surface area contributed by atoms with E-state index in [0.29, 0.717) is 16.7 Å². The number of benzene rings is 2. The first-order valence-corrected chi connectivity index (χ1v) is 8.66. The smallest absolute Gasteiger partial charge is 0.336 e. The highest BCUT2D eigenvalue weighted by Crippen LogP contribution is 2.32. The number of nitrogens with zero attached hydrogens (tertiary/aromatic N) is 1. The Labute approximate surface area is 151 Å². The van der Waals surface area contributed by atoms with Crippen LogP contribution in [0.1, 0.15) is 18.1 Å². The summed E-state index contributed by atoms with van der Waals surface area (Å²) in [6.07, 6.45) is 0.976. The van der Waals surface area contributed by atoms with E-state index in [0.717, 1.165) is 28.7 Å². The molecule has 0 radical (unpaired) electrons. The average molecular weight is 350 g/mol. The number of nitrogens with one attached hydrogen (secondary N) is 1. The van der Waals surface area contributed by atoms with Gasteiger partial charge in [-0.05, 0) is 61.8 Å². The molecule has 0 fully saturated rings. The molecule has 0 amide bonds. The molecule has 2 aromatic carbocycles. The molecule has 0 saturated heterocycles. The Bertz CT molecular complexity index is 1040. The Hall–Kier alpha value is -2.66.